The molecule has 1 aromatic rings. The first-order valence-electron chi connectivity index (χ1n) is 7.37. The lowest BCUT2D eigenvalue weighted by molar-refractivity contribution is -0.124. The number of nitrogens with one attached hydrogen (secondary N) is 1. The number of carbonyl (C=O) groups excluding carboxylic acids is 1. The number of piperidine rings is 1. The van der Waals surface area contributed by atoms with Gasteiger partial charge in [-0.15, -0.1) is 0 Å². The molecule has 116 valence electrons. The van der Waals surface area contributed by atoms with Crippen LogP contribution in [0.1, 0.15) is 31.2 Å². The molecule has 1 amide bonds. The van der Waals surface area contributed by atoms with Gasteiger partial charge >= 0.3 is 0 Å². The zero-order chi connectivity index (χ0) is 15.5. The van der Waals surface area contributed by atoms with E-state index in [1.54, 1.807) is 24.3 Å². The Morgan fingerprint density at radius 3 is 2.48 bits per heavy atom. The highest BCUT2D eigenvalue weighted by atomic mass is 16.3. The van der Waals surface area contributed by atoms with Crippen molar-refractivity contribution in [3.63, 3.8) is 0 Å². The number of amides is 1. The van der Waals surface area contributed by atoms with Gasteiger partial charge in [0.1, 0.15) is 5.75 Å². The third-order valence-corrected chi connectivity index (χ3v) is 4.30. The van der Waals surface area contributed by atoms with Gasteiger partial charge in [-0.3, -0.25) is 4.79 Å². The highest BCUT2D eigenvalue weighted by molar-refractivity contribution is 5.83. The van der Waals surface area contributed by atoms with E-state index in [2.05, 4.69) is 10.2 Å². The van der Waals surface area contributed by atoms with Crippen LogP contribution in [0, 0.1) is 0 Å². The Kier molecular flexibility index (Phi) is 4.85. The van der Waals surface area contributed by atoms with Crippen LogP contribution in [0.2, 0.25) is 0 Å². The number of rotatable bonds is 4. The molecular weight excluding hydrogens is 268 g/mol. The van der Waals surface area contributed by atoms with Crippen LogP contribution in [0.25, 0.3) is 0 Å². The number of phenols is 1. The van der Waals surface area contributed by atoms with E-state index in [9.17, 15) is 15.0 Å². The summed E-state index contributed by atoms with van der Waals surface area (Å²) in [5, 5.41) is 22.6. The average molecular weight is 292 g/mol. The second-order valence-corrected chi connectivity index (χ2v) is 6.06. The van der Waals surface area contributed by atoms with Crippen molar-refractivity contribution in [3.05, 3.63) is 29.8 Å². The Labute approximate surface area is 125 Å². The number of benzene rings is 1. The van der Waals surface area contributed by atoms with Gasteiger partial charge in [0, 0.05) is 19.6 Å². The Bertz CT molecular complexity index is 479. The van der Waals surface area contributed by atoms with Gasteiger partial charge in [0.05, 0.1) is 11.5 Å². The predicted octanol–water partition coefficient (Wildman–Crippen LogP) is 1.07. The van der Waals surface area contributed by atoms with Crippen LogP contribution >= 0.6 is 0 Å². The van der Waals surface area contributed by atoms with Crippen LogP contribution in [0.3, 0.4) is 0 Å². The van der Waals surface area contributed by atoms with Crippen molar-refractivity contribution < 1.29 is 15.0 Å². The minimum atomic E-state index is -0.795. The van der Waals surface area contributed by atoms with Crippen LogP contribution in [0.5, 0.6) is 5.75 Å². The smallest absolute Gasteiger partial charge is 0.227 e. The Balaban J connectivity index is 1.88. The summed E-state index contributed by atoms with van der Waals surface area (Å²) in [5.41, 5.74) is 0.0530. The second-order valence-electron chi connectivity index (χ2n) is 6.06. The van der Waals surface area contributed by atoms with Gasteiger partial charge in [-0.25, -0.2) is 0 Å². The van der Waals surface area contributed by atoms with Gasteiger partial charge in [0.15, 0.2) is 0 Å². The summed E-state index contributed by atoms with van der Waals surface area (Å²) in [7, 11) is 2.03. The lowest BCUT2D eigenvalue weighted by Crippen LogP contribution is -2.50. The number of aromatic hydroxyl groups is 1. The van der Waals surface area contributed by atoms with E-state index in [-0.39, 0.29) is 17.6 Å². The van der Waals surface area contributed by atoms with Crippen LogP contribution < -0.4 is 5.32 Å². The molecule has 1 saturated heterocycles. The maximum atomic E-state index is 12.2. The number of carbonyl (C=O) groups is 1. The number of aliphatic hydroxyl groups is 1. The first-order valence-corrected chi connectivity index (χ1v) is 7.37. The van der Waals surface area contributed by atoms with Crippen molar-refractivity contribution in [3.8, 4) is 5.75 Å². The molecule has 0 saturated carbocycles. The molecule has 1 atom stereocenters. The van der Waals surface area contributed by atoms with E-state index in [0.29, 0.717) is 19.4 Å². The van der Waals surface area contributed by atoms with E-state index in [1.807, 2.05) is 14.0 Å². The molecule has 2 rings (SSSR count). The molecule has 0 bridgehead atoms. The number of likely N-dealkylation sites (tertiary alicyclic amines) is 1. The molecule has 1 aliphatic heterocycles. The molecular formula is C16H24N2O3. The molecule has 3 N–H and O–H groups in total. The summed E-state index contributed by atoms with van der Waals surface area (Å²) in [6.45, 7) is 3.81. The molecule has 5 heteroatoms. The van der Waals surface area contributed by atoms with Crippen LogP contribution in [-0.2, 0) is 4.79 Å². The first kappa shape index (κ1) is 15.8. The lowest BCUT2D eigenvalue weighted by Gasteiger charge is -2.36. The van der Waals surface area contributed by atoms with Crippen LogP contribution in [0.15, 0.2) is 24.3 Å². The normalized spacial score (nSPS) is 20.0. The molecule has 21 heavy (non-hydrogen) atoms. The summed E-state index contributed by atoms with van der Waals surface area (Å²) in [6.07, 6.45) is 1.36. The summed E-state index contributed by atoms with van der Waals surface area (Å²) in [6, 6.07) is 6.63. The van der Waals surface area contributed by atoms with Crippen molar-refractivity contribution in [1.82, 2.24) is 10.2 Å². The van der Waals surface area contributed by atoms with Crippen molar-refractivity contribution in [1.29, 1.82) is 0 Å². The molecule has 1 aromatic carbocycles. The summed E-state index contributed by atoms with van der Waals surface area (Å²) < 4.78 is 0. The van der Waals surface area contributed by atoms with Crippen LogP contribution in [-0.4, -0.2) is 53.3 Å². The SMILES string of the molecule is C[C@@H](C(=O)NCC1(O)CCN(C)CC1)c1ccc(O)cc1. The number of phenolic OH excluding ortho intramolecular Hbond substituents is 1. The first-order chi connectivity index (χ1) is 9.89. The molecule has 1 fully saturated rings. The fraction of sp³-hybridized carbons (Fsp3) is 0.562. The van der Waals surface area contributed by atoms with Crippen molar-refractivity contribution in [2.24, 2.45) is 0 Å². The summed E-state index contributed by atoms with van der Waals surface area (Å²) in [4.78, 5) is 14.4. The van der Waals surface area contributed by atoms with Gasteiger partial charge in [0.2, 0.25) is 5.91 Å². The van der Waals surface area contributed by atoms with Gasteiger partial charge < -0.3 is 20.4 Å². The zero-order valence-electron chi connectivity index (χ0n) is 12.7. The second kappa shape index (κ2) is 6.45. The highest BCUT2D eigenvalue weighted by Crippen LogP contribution is 2.22. The van der Waals surface area contributed by atoms with Gasteiger partial charge in [-0.1, -0.05) is 12.1 Å². The van der Waals surface area contributed by atoms with Crippen molar-refractivity contribution in [2.75, 3.05) is 26.7 Å². The van der Waals surface area contributed by atoms with E-state index in [1.165, 1.54) is 0 Å². The maximum absolute atomic E-state index is 12.2. The van der Waals surface area contributed by atoms with E-state index in [4.69, 9.17) is 0 Å². The quantitative estimate of drug-likeness (QED) is 0.776. The minimum absolute atomic E-state index is 0.104. The van der Waals surface area contributed by atoms with E-state index >= 15 is 0 Å². The molecule has 1 aliphatic rings. The standard InChI is InChI=1S/C16H24N2O3/c1-12(13-3-5-14(19)6-4-13)15(20)17-11-16(21)7-9-18(2)10-8-16/h3-6,12,19,21H,7-11H2,1-2H3,(H,17,20)/t12-/m1/s1. The van der Waals surface area contributed by atoms with E-state index < -0.39 is 5.60 Å². The fourth-order valence-corrected chi connectivity index (χ4v) is 2.53. The van der Waals surface area contributed by atoms with Gasteiger partial charge in [-0.2, -0.15) is 0 Å². The number of nitrogens with zero attached hydrogens (tertiary/aromatic N) is 1. The minimum Gasteiger partial charge on any atom is -0.508 e. The molecule has 0 unspecified atom stereocenters. The Hall–Kier alpha value is -1.59. The molecule has 0 aliphatic carbocycles. The molecule has 0 radical (unpaired) electrons. The topological polar surface area (TPSA) is 72.8 Å². The lowest BCUT2D eigenvalue weighted by atomic mass is 9.91. The maximum Gasteiger partial charge on any atom is 0.227 e. The Morgan fingerprint density at radius 1 is 1.33 bits per heavy atom. The largest absolute Gasteiger partial charge is 0.508 e. The van der Waals surface area contributed by atoms with Crippen molar-refractivity contribution in [2.45, 2.75) is 31.3 Å². The fourth-order valence-electron chi connectivity index (χ4n) is 2.53. The van der Waals surface area contributed by atoms with Crippen LogP contribution in [0.4, 0.5) is 0 Å². The molecule has 5 nitrogen and oxygen atoms in total. The predicted molar refractivity (Wildman–Crippen MR) is 81.2 cm³/mol. The monoisotopic (exact) mass is 292 g/mol. The molecule has 0 spiro atoms. The highest BCUT2D eigenvalue weighted by Gasteiger charge is 2.31. The van der Waals surface area contributed by atoms with Gasteiger partial charge in [-0.05, 0) is 44.5 Å². The summed E-state index contributed by atoms with van der Waals surface area (Å²) >= 11 is 0. The van der Waals surface area contributed by atoms with Gasteiger partial charge in [0.25, 0.3) is 0 Å². The van der Waals surface area contributed by atoms with Crippen molar-refractivity contribution >= 4 is 5.91 Å². The number of hydrogen-bond donors (Lipinski definition) is 3. The Morgan fingerprint density at radius 2 is 1.90 bits per heavy atom. The van der Waals surface area contributed by atoms with E-state index in [0.717, 1.165) is 18.7 Å². The number of hydrogen-bond acceptors (Lipinski definition) is 4. The molecule has 1 heterocycles. The molecule has 0 aromatic heterocycles. The third-order valence-electron chi connectivity index (χ3n) is 4.30. The summed E-state index contributed by atoms with van der Waals surface area (Å²) in [5.74, 6) is -0.222. The third kappa shape index (κ3) is 4.19. The average Bonchev–Trinajstić information content (AvgIpc) is 2.48. The zero-order valence-corrected chi connectivity index (χ0v) is 12.7.